The molecule has 0 aliphatic heterocycles. The number of hydrogen-bond donors (Lipinski definition) is 0. The molecule has 0 aliphatic carbocycles. The van der Waals surface area contributed by atoms with E-state index < -0.39 is 17.5 Å². The minimum atomic E-state index is -1.44. The van der Waals surface area contributed by atoms with Crippen LogP contribution in [0, 0.1) is 6.92 Å². The molecule has 3 heterocycles. The van der Waals surface area contributed by atoms with E-state index in [9.17, 15) is 18.8 Å². The number of fused-ring (bicyclic) bond motifs is 1. The SMILES string of the molecule is Cc1ccc([C@@H](F)Cn2nc(Cn3cnc4ccc(=O)n(C)c4c3=O)oc2=O)cc1. The summed E-state index contributed by atoms with van der Waals surface area (Å²) in [4.78, 5) is 40.8. The minimum Gasteiger partial charge on any atom is -0.390 e. The second-order valence-corrected chi connectivity index (χ2v) is 6.96. The molecule has 0 fully saturated rings. The van der Waals surface area contributed by atoms with Crippen LogP contribution in [0.3, 0.4) is 0 Å². The van der Waals surface area contributed by atoms with Gasteiger partial charge in [0.25, 0.3) is 11.1 Å². The molecular weight excluding hydrogens is 393 g/mol. The van der Waals surface area contributed by atoms with Crippen LogP contribution in [0.2, 0.25) is 0 Å². The normalized spacial score (nSPS) is 12.4. The summed E-state index contributed by atoms with van der Waals surface area (Å²) in [6.07, 6.45) is -0.167. The first kappa shape index (κ1) is 19.5. The number of hydrogen-bond acceptors (Lipinski definition) is 6. The molecule has 0 saturated carbocycles. The molecule has 0 spiro atoms. The van der Waals surface area contributed by atoms with Gasteiger partial charge in [0.05, 0.1) is 18.4 Å². The Kier molecular flexibility index (Phi) is 4.90. The molecule has 0 bridgehead atoms. The third-order valence-electron chi connectivity index (χ3n) is 4.82. The van der Waals surface area contributed by atoms with Crippen molar-refractivity contribution < 1.29 is 8.81 Å². The number of rotatable bonds is 5. The van der Waals surface area contributed by atoms with E-state index in [0.717, 1.165) is 10.2 Å². The van der Waals surface area contributed by atoms with Crippen LogP contribution in [0.4, 0.5) is 4.39 Å². The van der Waals surface area contributed by atoms with Crippen LogP contribution in [0.1, 0.15) is 23.2 Å². The fraction of sp³-hybridized carbons (Fsp3) is 0.250. The van der Waals surface area contributed by atoms with Crippen molar-refractivity contribution in [3.8, 4) is 0 Å². The zero-order chi connectivity index (χ0) is 21.4. The zero-order valence-corrected chi connectivity index (χ0v) is 16.3. The van der Waals surface area contributed by atoms with E-state index in [-0.39, 0.29) is 30.1 Å². The van der Waals surface area contributed by atoms with Gasteiger partial charge in [0.2, 0.25) is 5.89 Å². The van der Waals surface area contributed by atoms with Gasteiger partial charge in [-0.15, -0.1) is 5.10 Å². The third-order valence-corrected chi connectivity index (χ3v) is 4.82. The Balaban J connectivity index is 1.61. The highest BCUT2D eigenvalue weighted by atomic mass is 19.1. The second kappa shape index (κ2) is 7.54. The Labute approximate surface area is 168 Å². The van der Waals surface area contributed by atoms with Gasteiger partial charge in [-0.1, -0.05) is 29.8 Å². The van der Waals surface area contributed by atoms with Crippen molar-refractivity contribution in [3.05, 3.63) is 91.0 Å². The van der Waals surface area contributed by atoms with Gasteiger partial charge >= 0.3 is 5.76 Å². The largest absolute Gasteiger partial charge is 0.437 e. The molecule has 4 aromatic rings. The maximum absolute atomic E-state index is 14.6. The predicted molar refractivity (Wildman–Crippen MR) is 106 cm³/mol. The number of alkyl halides is 1. The van der Waals surface area contributed by atoms with Crippen molar-refractivity contribution in [2.45, 2.75) is 26.2 Å². The summed E-state index contributed by atoms with van der Waals surface area (Å²) in [6, 6.07) is 9.65. The molecule has 3 aromatic heterocycles. The molecule has 0 aliphatic rings. The van der Waals surface area contributed by atoms with Crippen molar-refractivity contribution in [1.29, 1.82) is 0 Å². The van der Waals surface area contributed by atoms with E-state index in [2.05, 4.69) is 10.1 Å². The molecule has 0 saturated heterocycles. The maximum Gasteiger partial charge on any atom is 0.437 e. The quantitative estimate of drug-likeness (QED) is 0.490. The van der Waals surface area contributed by atoms with Crippen LogP contribution in [-0.2, 0) is 20.1 Å². The standard InChI is InChI=1S/C20H18FN5O4/c1-12-3-5-13(6-4-12)14(21)9-26-20(29)30-16(23-26)10-25-11-22-15-7-8-17(27)24(2)18(15)19(25)28/h3-8,11,14H,9-10H2,1-2H3/t14-/m0/s1. The molecule has 154 valence electrons. The summed E-state index contributed by atoms with van der Waals surface area (Å²) in [7, 11) is 1.47. The summed E-state index contributed by atoms with van der Waals surface area (Å²) < 4.78 is 22.9. The lowest BCUT2D eigenvalue weighted by atomic mass is 10.1. The first-order valence-electron chi connectivity index (χ1n) is 9.16. The van der Waals surface area contributed by atoms with Crippen molar-refractivity contribution in [2.24, 2.45) is 7.05 Å². The van der Waals surface area contributed by atoms with E-state index in [0.29, 0.717) is 11.1 Å². The number of nitrogens with zero attached hydrogens (tertiary/aromatic N) is 5. The molecule has 1 aromatic carbocycles. The van der Waals surface area contributed by atoms with Crippen molar-refractivity contribution in [1.82, 2.24) is 23.9 Å². The maximum atomic E-state index is 14.6. The summed E-state index contributed by atoms with van der Waals surface area (Å²) in [6.45, 7) is 1.40. The molecule has 9 nitrogen and oxygen atoms in total. The number of aromatic nitrogens is 5. The van der Waals surface area contributed by atoms with Gasteiger partial charge < -0.3 is 8.98 Å². The highest BCUT2D eigenvalue weighted by molar-refractivity contribution is 5.72. The Morgan fingerprint density at radius 1 is 1.10 bits per heavy atom. The van der Waals surface area contributed by atoms with Gasteiger partial charge in [0.15, 0.2) is 0 Å². The van der Waals surface area contributed by atoms with Gasteiger partial charge in [0.1, 0.15) is 18.2 Å². The smallest absolute Gasteiger partial charge is 0.390 e. The first-order valence-corrected chi connectivity index (χ1v) is 9.16. The Morgan fingerprint density at radius 2 is 1.83 bits per heavy atom. The predicted octanol–water partition coefficient (Wildman–Crippen LogP) is 1.31. The average Bonchev–Trinajstić information content (AvgIpc) is 3.06. The summed E-state index contributed by atoms with van der Waals surface area (Å²) in [5.41, 5.74) is 1.07. The Bertz CT molecular complexity index is 1400. The number of benzene rings is 1. The van der Waals surface area contributed by atoms with Crippen LogP contribution in [-0.4, -0.2) is 23.9 Å². The van der Waals surface area contributed by atoms with Crippen LogP contribution in [0.25, 0.3) is 11.0 Å². The third kappa shape index (κ3) is 3.59. The topological polar surface area (TPSA) is 105 Å². The Morgan fingerprint density at radius 3 is 2.57 bits per heavy atom. The molecule has 10 heteroatoms. The number of pyridine rings is 1. The molecule has 0 radical (unpaired) electrons. The lowest BCUT2D eigenvalue weighted by molar-refractivity contribution is 0.283. The lowest BCUT2D eigenvalue weighted by Crippen LogP contribution is -2.28. The van der Waals surface area contributed by atoms with Gasteiger partial charge in [-0.25, -0.2) is 14.2 Å². The molecule has 0 unspecified atom stereocenters. The van der Waals surface area contributed by atoms with Crippen LogP contribution < -0.4 is 16.9 Å². The van der Waals surface area contributed by atoms with Gasteiger partial charge in [0, 0.05) is 13.1 Å². The minimum absolute atomic E-state index is 0.0692. The van der Waals surface area contributed by atoms with Crippen LogP contribution in [0.15, 0.2) is 61.5 Å². The molecule has 0 N–H and O–H groups in total. The number of halogens is 1. The van der Waals surface area contributed by atoms with Crippen molar-refractivity contribution in [3.63, 3.8) is 0 Å². The number of aryl methyl sites for hydroxylation is 2. The van der Waals surface area contributed by atoms with E-state index in [1.54, 1.807) is 24.3 Å². The van der Waals surface area contributed by atoms with Crippen LogP contribution >= 0.6 is 0 Å². The van der Waals surface area contributed by atoms with E-state index in [1.165, 1.54) is 34.6 Å². The van der Waals surface area contributed by atoms with E-state index >= 15 is 0 Å². The molecule has 30 heavy (non-hydrogen) atoms. The van der Waals surface area contributed by atoms with Crippen molar-refractivity contribution >= 4 is 11.0 Å². The zero-order valence-electron chi connectivity index (χ0n) is 16.3. The fourth-order valence-corrected chi connectivity index (χ4v) is 3.12. The van der Waals surface area contributed by atoms with E-state index in [1.807, 2.05) is 6.92 Å². The van der Waals surface area contributed by atoms with Crippen LogP contribution in [0.5, 0.6) is 0 Å². The second-order valence-electron chi connectivity index (χ2n) is 6.96. The molecular formula is C20H18FN5O4. The highest BCUT2D eigenvalue weighted by Crippen LogP contribution is 2.19. The molecule has 0 amide bonds. The van der Waals surface area contributed by atoms with Crippen molar-refractivity contribution in [2.75, 3.05) is 0 Å². The first-order chi connectivity index (χ1) is 14.3. The summed E-state index contributed by atoms with van der Waals surface area (Å²) in [5, 5.41) is 3.99. The van der Waals surface area contributed by atoms with Gasteiger partial charge in [-0.2, -0.15) is 4.68 Å². The monoisotopic (exact) mass is 411 g/mol. The Hall–Kier alpha value is -3.82. The molecule has 4 rings (SSSR count). The summed E-state index contributed by atoms with van der Waals surface area (Å²) in [5.74, 6) is -0.894. The van der Waals surface area contributed by atoms with E-state index in [4.69, 9.17) is 4.42 Å². The van der Waals surface area contributed by atoms with Gasteiger partial charge in [-0.05, 0) is 18.6 Å². The highest BCUT2D eigenvalue weighted by Gasteiger charge is 2.17. The average molecular weight is 411 g/mol. The molecule has 1 atom stereocenters. The summed E-state index contributed by atoms with van der Waals surface area (Å²) >= 11 is 0. The lowest BCUT2D eigenvalue weighted by Gasteiger charge is -2.08. The van der Waals surface area contributed by atoms with Gasteiger partial charge in [-0.3, -0.25) is 14.2 Å². The fourth-order valence-electron chi connectivity index (χ4n) is 3.12.